The molecule has 7 nitrogen and oxygen atoms in total. The van der Waals surface area contributed by atoms with Crippen LogP contribution in [0, 0.1) is 0 Å². The Morgan fingerprint density at radius 1 is 1.06 bits per heavy atom. The van der Waals surface area contributed by atoms with E-state index in [-0.39, 0.29) is 22.2 Å². The lowest BCUT2D eigenvalue weighted by Gasteiger charge is -2.18. The topological polar surface area (TPSA) is 88.6 Å². The third-order valence-electron chi connectivity index (χ3n) is 4.50. The average Bonchev–Trinajstić information content (AvgIpc) is 2.73. The third-order valence-corrected chi connectivity index (χ3v) is 5.61. The van der Waals surface area contributed by atoms with Crippen LogP contribution in [-0.2, 0) is 16.0 Å². The molecule has 0 unspecified atom stereocenters. The van der Waals surface area contributed by atoms with Crippen LogP contribution >= 0.6 is 0 Å². The van der Waals surface area contributed by atoms with E-state index in [2.05, 4.69) is 10.3 Å². The number of para-hydroxylation sites is 2. The summed E-state index contributed by atoms with van der Waals surface area (Å²) in [7, 11) is -0.0459. The molecule has 174 valence electrons. The minimum absolute atomic E-state index is 0.0566. The molecule has 2 aromatic carbocycles. The Labute approximate surface area is 188 Å². The molecule has 0 aliphatic rings. The number of carbonyl (C=O) groups is 1. The summed E-state index contributed by atoms with van der Waals surface area (Å²) in [6.07, 6.45) is -3.16. The molecule has 1 amide bonds. The number of rotatable bonds is 6. The van der Waals surface area contributed by atoms with E-state index in [0.717, 1.165) is 6.26 Å². The van der Waals surface area contributed by atoms with Gasteiger partial charge in [-0.1, -0.05) is 18.2 Å². The van der Waals surface area contributed by atoms with Crippen LogP contribution in [0.15, 0.2) is 65.7 Å². The van der Waals surface area contributed by atoms with Crippen LogP contribution in [0.4, 0.5) is 24.5 Å². The van der Waals surface area contributed by atoms with E-state index in [1.54, 1.807) is 43.3 Å². The lowest BCUT2D eigenvalue weighted by molar-refractivity contribution is -0.137. The lowest BCUT2D eigenvalue weighted by atomic mass is 10.1. The van der Waals surface area contributed by atoms with Crippen LogP contribution in [0.3, 0.4) is 0 Å². The predicted molar refractivity (Wildman–Crippen MR) is 118 cm³/mol. The Bertz CT molecular complexity index is 1290. The first kappa shape index (κ1) is 24.1. The second-order valence-corrected chi connectivity index (χ2v) is 9.31. The van der Waals surface area contributed by atoms with Gasteiger partial charge in [-0.3, -0.25) is 4.79 Å². The highest BCUT2D eigenvalue weighted by atomic mass is 32.2. The van der Waals surface area contributed by atoms with Crippen molar-refractivity contribution in [3.8, 4) is 11.6 Å². The molecular weight excluding hydrogens is 459 g/mol. The van der Waals surface area contributed by atoms with Gasteiger partial charge in [-0.15, -0.1) is 0 Å². The van der Waals surface area contributed by atoms with Crippen molar-refractivity contribution in [1.82, 2.24) is 4.98 Å². The van der Waals surface area contributed by atoms with Gasteiger partial charge in [0.05, 0.1) is 16.1 Å². The molecule has 0 bridgehead atoms. The van der Waals surface area contributed by atoms with E-state index >= 15 is 0 Å². The summed E-state index contributed by atoms with van der Waals surface area (Å²) in [5.74, 6) is -1.01. The van der Waals surface area contributed by atoms with Crippen LogP contribution in [-0.4, -0.2) is 39.7 Å². The summed E-state index contributed by atoms with van der Waals surface area (Å²) < 4.78 is 69.1. The van der Waals surface area contributed by atoms with Crippen LogP contribution in [0.2, 0.25) is 0 Å². The normalized spacial score (nSPS) is 11.7. The number of hydrogen-bond acceptors (Lipinski definition) is 6. The molecule has 0 saturated heterocycles. The first-order valence-corrected chi connectivity index (χ1v) is 11.4. The van der Waals surface area contributed by atoms with E-state index in [1.165, 1.54) is 24.3 Å². The molecule has 0 atom stereocenters. The van der Waals surface area contributed by atoms with Crippen LogP contribution in [0.1, 0.15) is 15.9 Å². The zero-order valence-electron chi connectivity index (χ0n) is 17.8. The molecule has 0 fully saturated rings. The molecule has 0 saturated carbocycles. The molecule has 0 spiro atoms. The maximum atomic E-state index is 13.3. The smallest absolute Gasteiger partial charge is 0.417 e. The summed E-state index contributed by atoms with van der Waals surface area (Å²) in [4.78, 5) is 18.3. The SMILES string of the molecule is CN(C)c1ccccc1Oc1ncc(C(F)(F)F)cc1C(=O)Nc1cccc(S(C)(=O)=O)c1. The first-order chi connectivity index (χ1) is 15.4. The molecule has 3 rings (SSSR count). The van der Waals surface area contributed by atoms with E-state index in [0.29, 0.717) is 18.0 Å². The Hall–Kier alpha value is -3.60. The van der Waals surface area contributed by atoms with Gasteiger partial charge in [0, 0.05) is 32.2 Å². The van der Waals surface area contributed by atoms with Gasteiger partial charge in [0.25, 0.3) is 5.91 Å². The Balaban J connectivity index is 2.03. The van der Waals surface area contributed by atoms with Crippen molar-refractivity contribution in [3.05, 3.63) is 71.9 Å². The zero-order chi connectivity index (χ0) is 24.4. The van der Waals surface area contributed by atoms with Gasteiger partial charge in [-0.25, -0.2) is 13.4 Å². The number of benzene rings is 2. The number of ether oxygens (including phenoxy) is 1. The molecule has 1 heterocycles. The second kappa shape index (κ2) is 9.10. The maximum absolute atomic E-state index is 13.3. The standard InChI is InChI=1S/C22H20F3N3O4S/c1-28(2)18-9-4-5-10-19(18)32-21-17(11-14(13-26-21)22(23,24)25)20(29)27-15-7-6-8-16(12-15)33(3,30)31/h4-13H,1-3H3,(H,27,29). The van der Waals surface area contributed by atoms with Crippen molar-refractivity contribution in [2.24, 2.45) is 0 Å². The Kier molecular flexibility index (Phi) is 6.63. The number of aromatic nitrogens is 1. The van der Waals surface area contributed by atoms with Crippen LogP contribution in [0.25, 0.3) is 0 Å². The first-order valence-electron chi connectivity index (χ1n) is 9.49. The lowest BCUT2D eigenvalue weighted by Crippen LogP contribution is -2.17. The van der Waals surface area contributed by atoms with E-state index in [4.69, 9.17) is 4.74 Å². The molecule has 3 aromatic rings. The molecular formula is C22H20F3N3O4S. The van der Waals surface area contributed by atoms with Crippen molar-refractivity contribution in [1.29, 1.82) is 0 Å². The van der Waals surface area contributed by atoms with Gasteiger partial charge in [0.15, 0.2) is 15.6 Å². The Morgan fingerprint density at radius 2 is 1.76 bits per heavy atom. The van der Waals surface area contributed by atoms with Crippen LogP contribution in [0.5, 0.6) is 11.6 Å². The zero-order valence-corrected chi connectivity index (χ0v) is 18.7. The fourth-order valence-corrected chi connectivity index (χ4v) is 3.54. The second-order valence-electron chi connectivity index (χ2n) is 7.29. The monoisotopic (exact) mass is 479 g/mol. The fraction of sp³-hybridized carbons (Fsp3) is 0.182. The van der Waals surface area contributed by atoms with Crippen LogP contribution < -0.4 is 15.0 Å². The van der Waals surface area contributed by atoms with E-state index < -0.39 is 33.0 Å². The highest BCUT2D eigenvalue weighted by Crippen LogP contribution is 2.35. The number of amides is 1. The van der Waals surface area contributed by atoms with Crippen molar-refractivity contribution in [2.45, 2.75) is 11.1 Å². The number of alkyl halides is 3. The largest absolute Gasteiger partial charge is 0.436 e. The van der Waals surface area contributed by atoms with Gasteiger partial charge in [-0.2, -0.15) is 13.2 Å². The highest BCUT2D eigenvalue weighted by Gasteiger charge is 2.33. The molecule has 11 heteroatoms. The molecule has 1 aromatic heterocycles. The molecule has 0 radical (unpaired) electrons. The van der Waals surface area contributed by atoms with E-state index in [1.807, 2.05) is 0 Å². The number of halogens is 3. The number of carbonyl (C=O) groups excluding carboxylic acids is 1. The van der Waals surface area contributed by atoms with Gasteiger partial charge >= 0.3 is 6.18 Å². The minimum atomic E-state index is -4.74. The number of nitrogens with zero attached hydrogens (tertiary/aromatic N) is 2. The number of pyridine rings is 1. The van der Waals surface area contributed by atoms with Gasteiger partial charge in [0.1, 0.15) is 5.56 Å². The van der Waals surface area contributed by atoms with Gasteiger partial charge in [-0.05, 0) is 36.4 Å². The molecule has 1 N–H and O–H groups in total. The fourth-order valence-electron chi connectivity index (χ4n) is 2.87. The Morgan fingerprint density at radius 3 is 2.39 bits per heavy atom. The van der Waals surface area contributed by atoms with Gasteiger partial charge in [0.2, 0.25) is 5.88 Å². The summed E-state index contributed by atoms with van der Waals surface area (Å²) in [5, 5.41) is 2.41. The van der Waals surface area contributed by atoms with Crippen molar-refractivity contribution < 1.29 is 31.1 Å². The predicted octanol–water partition coefficient (Wildman–Crippen LogP) is 4.61. The van der Waals surface area contributed by atoms with Crippen molar-refractivity contribution in [2.75, 3.05) is 30.6 Å². The number of hydrogen-bond donors (Lipinski definition) is 1. The van der Waals surface area contributed by atoms with E-state index in [9.17, 15) is 26.4 Å². The molecule has 33 heavy (non-hydrogen) atoms. The number of anilines is 2. The maximum Gasteiger partial charge on any atom is 0.417 e. The minimum Gasteiger partial charge on any atom is -0.436 e. The summed E-state index contributed by atoms with van der Waals surface area (Å²) in [6.45, 7) is 0. The van der Waals surface area contributed by atoms with Crippen molar-refractivity contribution >= 4 is 27.1 Å². The summed E-state index contributed by atoms with van der Waals surface area (Å²) in [5.41, 5.74) is -0.902. The summed E-state index contributed by atoms with van der Waals surface area (Å²) >= 11 is 0. The molecule has 0 aliphatic carbocycles. The summed E-state index contributed by atoms with van der Waals surface area (Å²) in [6, 6.07) is 12.7. The number of nitrogens with one attached hydrogen (secondary N) is 1. The van der Waals surface area contributed by atoms with Gasteiger partial charge < -0.3 is 15.0 Å². The third kappa shape index (κ3) is 5.80. The highest BCUT2D eigenvalue weighted by molar-refractivity contribution is 7.90. The quantitative estimate of drug-likeness (QED) is 0.555. The average molecular weight is 479 g/mol. The number of sulfone groups is 1. The van der Waals surface area contributed by atoms with Crippen molar-refractivity contribution in [3.63, 3.8) is 0 Å². The molecule has 0 aliphatic heterocycles.